The summed E-state index contributed by atoms with van der Waals surface area (Å²) < 4.78 is 20.0. The van der Waals surface area contributed by atoms with Gasteiger partial charge >= 0.3 is 8.25 Å². The number of halogens is 4. The van der Waals surface area contributed by atoms with Crippen molar-refractivity contribution in [3.8, 4) is 0 Å². The van der Waals surface area contributed by atoms with E-state index in [1.54, 1.807) is 0 Å². The first-order valence-electron chi connectivity index (χ1n) is 2.88. The molecule has 0 aromatic carbocycles. The minimum Gasteiger partial charge on any atom is -0.308 e. The van der Waals surface area contributed by atoms with Crippen LogP contribution in [0.5, 0.6) is 0 Å². The zero-order valence-electron chi connectivity index (χ0n) is 5.81. The van der Waals surface area contributed by atoms with E-state index in [9.17, 15) is 4.57 Å². The van der Waals surface area contributed by atoms with Crippen molar-refractivity contribution >= 4 is 54.7 Å². The molecule has 0 N–H and O–H groups in total. The van der Waals surface area contributed by atoms with Crippen molar-refractivity contribution in [1.29, 1.82) is 0 Å². The molecular formula is C4H7Cl4O3P. The van der Waals surface area contributed by atoms with E-state index < -0.39 is 17.9 Å². The molecule has 0 aliphatic rings. The number of rotatable bonds is 6. The van der Waals surface area contributed by atoms with Crippen molar-refractivity contribution in [2.45, 2.75) is 9.67 Å². The van der Waals surface area contributed by atoms with Crippen LogP contribution in [-0.4, -0.2) is 22.9 Å². The van der Waals surface area contributed by atoms with Crippen LogP contribution in [0.4, 0.5) is 0 Å². The lowest BCUT2D eigenvalue weighted by Gasteiger charge is -2.05. The monoisotopic (exact) mass is 274 g/mol. The molecule has 0 spiro atoms. The zero-order valence-corrected chi connectivity index (χ0v) is 9.83. The molecule has 0 rings (SSSR count). The van der Waals surface area contributed by atoms with Crippen LogP contribution in [0.3, 0.4) is 0 Å². The Hall–Kier alpha value is 1.31. The topological polar surface area (TPSA) is 35.5 Å². The van der Waals surface area contributed by atoms with Crippen molar-refractivity contribution in [3.63, 3.8) is 0 Å². The second-order valence-corrected chi connectivity index (χ2v) is 5.29. The molecule has 0 aromatic heterocycles. The highest BCUT2D eigenvalue weighted by molar-refractivity contribution is 7.33. The Labute approximate surface area is 91.2 Å². The van der Waals surface area contributed by atoms with Crippen molar-refractivity contribution in [2.24, 2.45) is 0 Å². The molecule has 0 amide bonds. The molecular weight excluding hydrogens is 269 g/mol. The first-order chi connectivity index (χ1) is 5.52. The van der Waals surface area contributed by atoms with Crippen molar-refractivity contribution in [3.05, 3.63) is 0 Å². The SMILES string of the molecule is O=[PH](OCC(Cl)Cl)OCC(Cl)Cl. The van der Waals surface area contributed by atoms with Crippen LogP contribution in [0.15, 0.2) is 0 Å². The second kappa shape index (κ2) is 7.69. The first kappa shape index (κ1) is 13.3. The van der Waals surface area contributed by atoms with Crippen LogP contribution in [-0.2, 0) is 13.6 Å². The van der Waals surface area contributed by atoms with E-state index in [-0.39, 0.29) is 13.2 Å². The Morgan fingerprint density at radius 1 is 1.00 bits per heavy atom. The zero-order chi connectivity index (χ0) is 9.56. The largest absolute Gasteiger partial charge is 0.319 e. The molecule has 3 nitrogen and oxygen atoms in total. The van der Waals surface area contributed by atoms with Gasteiger partial charge in [0.15, 0.2) is 0 Å². The van der Waals surface area contributed by atoms with Gasteiger partial charge in [-0.3, -0.25) is 4.57 Å². The summed E-state index contributed by atoms with van der Waals surface area (Å²) in [7, 11) is -2.57. The molecule has 0 aromatic rings. The molecule has 0 bridgehead atoms. The molecule has 0 radical (unpaired) electrons. The Kier molecular flexibility index (Phi) is 8.53. The minimum atomic E-state index is -2.57. The molecule has 0 aliphatic heterocycles. The third kappa shape index (κ3) is 9.40. The fourth-order valence-corrected chi connectivity index (χ4v) is 1.67. The van der Waals surface area contributed by atoms with Crippen molar-refractivity contribution < 1.29 is 13.6 Å². The van der Waals surface area contributed by atoms with Gasteiger partial charge in [-0.1, -0.05) is 0 Å². The molecule has 0 saturated carbocycles. The highest BCUT2D eigenvalue weighted by atomic mass is 35.5. The lowest BCUT2D eigenvalue weighted by Crippen LogP contribution is -2.00. The van der Waals surface area contributed by atoms with E-state index in [2.05, 4.69) is 9.05 Å². The fourth-order valence-electron chi connectivity index (χ4n) is 0.304. The van der Waals surface area contributed by atoms with E-state index in [1.807, 2.05) is 0 Å². The average molecular weight is 276 g/mol. The summed E-state index contributed by atoms with van der Waals surface area (Å²) in [6.07, 6.45) is 0. The summed E-state index contributed by atoms with van der Waals surface area (Å²) in [5.41, 5.74) is 0. The van der Waals surface area contributed by atoms with E-state index in [1.165, 1.54) is 0 Å². The predicted molar refractivity (Wildman–Crippen MR) is 51.9 cm³/mol. The van der Waals surface area contributed by atoms with Crippen molar-refractivity contribution in [2.75, 3.05) is 13.2 Å². The molecule has 0 aliphatic carbocycles. The van der Waals surface area contributed by atoms with Crippen LogP contribution in [0.1, 0.15) is 0 Å². The summed E-state index contributed by atoms with van der Waals surface area (Å²) in [6, 6.07) is 0. The van der Waals surface area contributed by atoms with Crippen LogP contribution < -0.4 is 0 Å². The predicted octanol–water partition coefficient (Wildman–Crippen LogP) is 3.02. The maximum Gasteiger partial charge on any atom is 0.319 e. The Balaban J connectivity index is 3.34. The highest BCUT2D eigenvalue weighted by Gasteiger charge is 2.06. The average Bonchev–Trinajstić information content (AvgIpc) is 1.96. The fraction of sp³-hybridized carbons (Fsp3) is 1.00. The lowest BCUT2D eigenvalue weighted by molar-refractivity contribution is 0.239. The van der Waals surface area contributed by atoms with Gasteiger partial charge in [0.1, 0.15) is 9.67 Å². The summed E-state index contributed by atoms with van der Waals surface area (Å²) in [6.45, 7) is -0.0910. The molecule has 12 heavy (non-hydrogen) atoms. The van der Waals surface area contributed by atoms with E-state index >= 15 is 0 Å². The quantitative estimate of drug-likeness (QED) is 0.552. The molecule has 8 heteroatoms. The Morgan fingerprint density at radius 2 is 1.33 bits per heavy atom. The summed E-state index contributed by atoms with van der Waals surface area (Å²) in [5, 5.41) is 0. The van der Waals surface area contributed by atoms with Gasteiger partial charge in [-0.2, -0.15) is 0 Å². The van der Waals surface area contributed by atoms with Gasteiger partial charge in [0, 0.05) is 0 Å². The van der Waals surface area contributed by atoms with Gasteiger partial charge in [0.25, 0.3) is 0 Å². The molecule has 0 saturated heterocycles. The van der Waals surface area contributed by atoms with Crippen LogP contribution in [0.25, 0.3) is 0 Å². The van der Waals surface area contributed by atoms with E-state index in [4.69, 9.17) is 46.4 Å². The minimum absolute atomic E-state index is 0.0455. The third-order valence-electron chi connectivity index (χ3n) is 0.654. The summed E-state index contributed by atoms with van der Waals surface area (Å²) in [4.78, 5) is -1.43. The lowest BCUT2D eigenvalue weighted by atomic mass is 10.9. The van der Waals surface area contributed by atoms with Crippen LogP contribution in [0.2, 0.25) is 0 Å². The molecule has 74 valence electrons. The molecule has 0 unspecified atom stereocenters. The highest BCUT2D eigenvalue weighted by Crippen LogP contribution is 2.26. The van der Waals surface area contributed by atoms with Crippen molar-refractivity contribution in [1.82, 2.24) is 0 Å². The normalized spacial score (nSPS) is 11.9. The smallest absolute Gasteiger partial charge is 0.308 e. The number of hydrogen-bond donors (Lipinski definition) is 0. The number of hydrogen-bond acceptors (Lipinski definition) is 3. The molecule has 0 fully saturated rings. The molecule has 0 atom stereocenters. The van der Waals surface area contributed by atoms with Gasteiger partial charge in [-0.05, 0) is 0 Å². The number of alkyl halides is 4. The van der Waals surface area contributed by atoms with E-state index in [0.717, 1.165) is 0 Å². The van der Waals surface area contributed by atoms with Crippen LogP contribution >= 0.6 is 54.7 Å². The van der Waals surface area contributed by atoms with Gasteiger partial charge in [-0.15, -0.1) is 46.4 Å². The second-order valence-electron chi connectivity index (χ2n) is 1.65. The van der Waals surface area contributed by atoms with Gasteiger partial charge in [-0.25, -0.2) is 0 Å². The summed E-state index contributed by atoms with van der Waals surface area (Å²) in [5.74, 6) is 0. The molecule has 0 heterocycles. The first-order valence-corrected chi connectivity index (χ1v) is 5.85. The maximum absolute atomic E-state index is 10.8. The third-order valence-corrected chi connectivity index (χ3v) is 1.96. The Bertz CT molecular complexity index is 128. The Morgan fingerprint density at radius 3 is 1.58 bits per heavy atom. The standard InChI is InChI=1S/C4H7Cl4O3P/c5-3(6)1-10-12(9)11-2-4(7)8/h3-4,12H,1-2H2. The van der Waals surface area contributed by atoms with Crippen LogP contribution in [0, 0.1) is 0 Å². The van der Waals surface area contributed by atoms with Gasteiger partial charge in [0.2, 0.25) is 0 Å². The summed E-state index contributed by atoms with van der Waals surface area (Å²) >= 11 is 21.2. The maximum atomic E-state index is 10.8. The van der Waals surface area contributed by atoms with Gasteiger partial charge in [0.05, 0.1) is 13.2 Å². The van der Waals surface area contributed by atoms with Gasteiger partial charge < -0.3 is 9.05 Å². The van der Waals surface area contributed by atoms with E-state index in [0.29, 0.717) is 0 Å².